The zero-order chi connectivity index (χ0) is 27.1. The maximum absolute atomic E-state index is 12.9. The van der Waals surface area contributed by atoms with Crippen LogP contribution in [-0.2, 0) is 28.8 Å². The predicted molar refractivity (Wildman–Crippen MR) is 129 cm³/mol. The Balaban J connectivity index is 5.63. The molecule has 0 aliphatic carbocycles. The van der Waals surface area contributed by atoms with E-state index < -0.39 is 66.2 Å². The number of thioether (sulfide) groups is 1. The molecular weight excluding hydrogens is 482 g/mol. The molecule has 0 fully saturated rings. The van der Waals surface area contributed by atoms with Gasteiger partial charge in [0.25, 0.3) is 0 Å². The van der Waals surface area contributed by atoms with Crippen molar-refractivity contribution in [2.75, 3.05) is 12.0 Å². The Kier molecular flexibility index (Phi) is 15.3. The third-order valence-electron chi connectivity index (χ3n) is 5.38. The molecule has 0 aliphatic rings. The van der Waals surface area contributed by atoms with E-state index in [4.69, 9.17) is 16.6 Å². The lowest BCUT2D eigenvalue weighted by Gasteiger charge is -2.26. The molecule has 0 aromatic carbocycles. The number of primary amides is 1. The van der Waals surface area contributed by atoms with Crippen molar-refractivity contribution in [2.24, 2.45) is 17.4 Å². The molecule has 0 aliphatic heterocycles. The first-order valence-electron chi connectivity index (χ1n) is 11.2. The number of carboxylic acid groups (broad SMARTS) is 2. The number of rotatable bonds is 18. The highest BCUT2D eigenvalue weighted by atomic mass is 32.2. The normalized spacial score (nSPS) is 15.1. The van der Waals surface area contributed by atoms with Crippen molar-refractivity contribution < 1.29 is 39.0 Å². The fourth-order valence-electron chi connectivity index (χ4n) is 2.91. The molecular formula is C21H37N5O8S. The molecule has 35 heavy (non-hydrogen) atoms. The topological polar surface area (TPSA) is 231 Å². The molecule has 5 atom stereocenters. The summed E-state index contributed by atoms with van der Waals surface area (Å²) in [6, 6.07) is -4.84. The molecule has 0 aromatic rings. The maximum atomic E-state index is 12.9. The number of carboxylic acids is 2. The van der Waals surface area contributed by atoms with E-state index >= 15 is 0 Å². The predicted octanol–water partition coefficient (Wildman–Crippen LogP) is -1.22. The summed E-state index contributed by atoms with van der Waals surface area (Å²) in [7, 11) is 0. The van der Waals surface area contributed by atoms with E-state index in [-0.39, 0.29) is 31.6 Å². The van der Waals surface area contributed by atoms with E-state index in [9.17, 15) is 33.9 Å². The Morgan fingerprint density at radius 1 is 0.829 bits per heavy atom. The zero-order valence-corrected chi connectivity index (χ0v) is 21.1. The van der Waals surface area contributed by atoms with Crippen molar-refractivity contribution in [1.29, 1.82) is 0 Å². The Morgan fingerprint density at radius 2 is 1.31 bits per heavy atom. The van der Waals surface area contributed by atoms with Crippen molar-refractivity contribution >= 4 is 47.3 Å². The zero-order valence-electron chi connectivity index (χ0n) is 20.2. The molecule has 0 aromatic heterocycles. The van der Waals surface area contributed by atoms with Crippen LogP contribution in [0, 0.1) is 5.92 Å². The van der Waals surface area contributed by atoms with Crippen LogP contribution < -0.4 is 27.4 Å². The Morgan fingerprint density at radius 3 is 1.74 bits per heavy atom. The standard InChI is InChI=1S/C21H37N5O8S/c1-4-11(2)17(23)20(32)25-12(5-7-15(22)27)18(30)24-13(6-8-16(28)29)19(31)26-14(21(33)34)9-10-35-3/h11-14,17H,4-10,23H2,1-3H3,(H2,22,27)(H,24,30)(H,25,32)(H,26,31)(H,28,29)(H,33,34). The summed E-state index contributed by atoms with van der Waals surface area (Å²) in [5.74, 6) is -5.37. The summed E-state index contributed by atoms with van der Waals surface area (Å²) >= 11 is 1.38. The summed E-state index contributed by atoms with van der Waals surface area (Å²) < 4.78 is 0. The number of amides is 4. The van der Waals surface area contributed by atoms with Gasteiger partial charge in [-0.05, 0) is 37.2 Å². The number of aliphatic carboxylic acids is 2. The quantitative estimate of drug-likeness (QED) is 0.114. The number of hydrogen-bond donors (Lipinski definition) is 7. The minimum atomic E-state index is -1.40. The van der Waals surface area contributed by atoms with Gasteiger partial charge in [-0.15, -0.1) is 0 Å². The van der Waals surface area contributed by atoms with Gasteiger partial charge in [-0.25, -0.2) is 4.79 Å². The first kappa shape index (κ1) is 32.1. The van der Waals surface area contributed by atoms with Crippen LogP contribution in [0.5, 0.6) is 0 Å². The van der Waals surface area contributed by atoms with Crippen molar-refractivity contribution in [3.63, 3.8) is 0 Å². The average molecular weight is 520 g/mol. The van der Waals surface area contributed by atoms with Crippen molar-refractivity contribution in [2.45, 2.75) is 76.5 Å². The van der Waals surface area contributed by atoms with E-state index in [2.05, 4.69) is 16.0 Å². The van der Waals surface area contributed by atoms with Crippen LogP contribution in [0.25, 0.3) is 0 Å². The van der Waals surface area contributed by atoms with Crippen LogP contribution in [0.2, 0.25) is 0 Å². The number of nitrogens with one attached hydrogen (secondary N) is 3. The van der Waals surface area contributed by atoms with E-state index in [0.29, 0.717) is 12.2 Å². The third-order valence-corrected chi connectivity index (χ3v) is 6.02. The van der Waals surface area contributed by atoms with Crippen LogP contribution in [0.3, 0.4) is 0 Å². The highest BCUT2D eigenvalue weighted by molar-refractivity contribution is 7.98. The highest BCUT2D eigenvalue weighted by Crippen LogP contribution is 2.08. The SMILES string of the molecule is CCC(C)C(N)C(=O)NC(CCC(N)=O)C(=O)NC(CCC(=O)O)C(=O)NC(CCSC)C(=O)O. The van der Waals surface area contributed by atoms with Crippen LogP contribution in [-0.4, -0.2) is 82.0 Å². The maximum Gasteiger partial charge on any atom is 0.326 e. The molecule has 4 amide bonds. The summed E-state index contributed by atoms with van der Waals surface area (Å²) in [5.41, 5.74) is 11.1. The van der Waals surface area contributed by atoms with Gasteiger partial charge in [-0.3, -0.25) is 24.0 Å². The van der Waals surface area contributed by atoms with E-state index in [1.807, 2.05) is 6.92 Å². The number of hydrogen-bond acceptors (Lipinski definition) is 8. The van der Waals surface area contributed by atoms with Crippen LogP contribution >= 0.6 is 11.8 Å². The van der Waals surface area contributed by atoms with E-state index in [1.54, 1.807) is 13.2 Å². The highest BCUT2D eigenvalue weighted by Gasteiger charge is 2.31. The first-order chi connectivity index (χ1) is 16.3. The lowest BCUT2D eigenvalue weighted by Crippen LogP contribution is -2.57. The Labute approximate surface area is 208 Å². The van der Waals surface area contributed by atoms with Gasteiger partial charge in [-0.1, -0.05) is 20.3 Å². The van der Waals surface area contributed by atoms with Gasteiger partial charge < -0.3 is 37.6 Å². The summed E-state index contributed by atoms with van der Waals surface area (Å²) in [6.45, 7) is 3.59. The van der Waals surface area contributed by atoms with Gasteiger partial charge in [0.2, 0.25) is 23.6 Å². The fraction of sp³-hybridized carbons (Fsp3) is 0.714. The second-order valence-corrected chi connectivity index (χ2v) is 9.14. The van der Waals surface area contributed by atoms with Gasteiger partial charge in [0.05, 0.1) is 6.04 Å². The van der Waals surface area contributed by atoms with Gasteiger partial charge >= 0.3 is 11.9 Å². The van der Waals surface area contributed by atoms with Crippen molar-refractivity contribution in [3.8, 4) is 0 Å². The molecule has 5 unspecified atom stereocenters. The molecule has 0 heterocycles. The first-order valence-corrected chi connectivity index (χ1v) is 12.6. The minimum absolute atomic E-state index is 0.118. The summed E-state index contributed by atoms with van der Waals surface area (Å²) in [4.78, 5) is 71.9. The van der Waals surface area contributed by atoms with Crippen LogP contribution in [0.15, 0.2) is 0 Å². The number of carbonyl (C=O) groups is 6. The molecule has 14 heteroatoms. The van der Waals surface area contributed by atoms with Crippen LogP contribution in [0.1, 0.15) is 52.4 Å². The van der Waals surface area contributed by atoms with E-state index in [0.717, 1.165) is 0 Å². The lowest BCUT2D eigenvalue weighted by atomic mass is 9.98. The Bertz CT molecular complexity index is 766. The molecule has 0 rings (SSSR count). The van der Waals surface area contributed by atoms with Crippen molar-refractivity contribution in [3.05, 3.63) is 0 Å². The van der Waals surface area contributed by atoms with E-state index in [1.165, 1.54) is 11.8 Å². The second-order valence-electron chi connectivity index (χ2n) is 8.15. The third kappa shape index (κ3) is 13.0. The summed E-state index contributed by atoms with van der Waals surface area (Å²) in [5, 5.41) is 25.5. The second kappa shape index (κ2) is 16.7. The summed E-state index contributed by atoms with van der Waals surface area (Å²) in [6.07, 6.45) is 1.24. The monoisotopic (exact) mass is 519 g/mol. The molecule has 0 radical (unpaired) electrons. The molecule has 0 spiro atoms. The molecule has 0 bridgehead atoms. The van der Waals surface area contributed by atoms with Crippen molar-refractivity contribution in [1.82, 2.24) is 16.0 Å². The molecule has 9 N–H and O–H groups in total. The molecule has 0 saturated carbocycles. The Hall–Kier alpha value is -2.87. The minimum Gasteiger partial charge on any atom is -0.481 e. The van der Waals surface area contributed by atoms with Gasteiger partial charge in [0.1, 0.15) is 18.1 Å². The lowest BCUT2D eigenvalue weighted by molar-refractivity contribution is -0.143. The average Bonchev–Trinajstić information content (AvgIpc) is 2.79. The fourth-order valence-corrected chi connectivity index (χ4v) is 3.38. The smallest absolute Gasteiger partial charge is 0.326 e. The largest absolute Gasteiger partial charge is 0.481 e. The number of carbonyl (C=O) groups excluding carboxylic acids is 4. The molecule has 13 nitrogen and oxygen atoms in total. The van der Waals surface area contributed by atoms with Crippen LogP contribution in [0.4, 0.5) is 0 Å². The molecule has 200 valence electrons. The number of nitrogens with two attached hydrogens (primary N) is 2. The molecule has 0 saturated heterocycles. The van der Waals surface area contributed by atoms with Gasteiger partial charge in [0, 0.05) is 12.8 Å². The van der Waals surface area contributed by atoms with Gasteiger partial charge in [0.15, 0.2) is 0 Å². The van der Waals surface area contributed by atoms with Gasteiger partial charge in [-0.2, -0.15) is 11.8 Å².